The van der Waals surface area contributed by atoms with Gasteiger partial charge in [-0.2, -0.15) is 0 Å². The first-order valence-corrected chi connectivity index (χ1v) is 16.3. The lowest BCUT2D eigenvalue weighted by Crippen LogP contribution is -2.04. The van der Waals surface area contributed by atoms with Gasteiger partial charge in [0.15, 0.2) is 0 Å². The Morgan fingerprint density at radius 2 is 0.938 bits per heavy atom. The molecule has 48 heavy (non-hydrogen) atoms. The average Bonchev–Trinajstić information content (AvgIpc) is 3.68. The van der Waals surface area contributed by atoms with Gasteiger partial charge in [-0.25, -0.2) is 9.97 Å². The van der Waals surface area contributed by atoms with Crippen molar-refractivity contribution in [2.75, 3.05) is 0 Å². The highest BCUT2D eigenvalue weighted by molar-refractivity contribution is 6.26. The quantitative estimate of drug-likeness (QED) is 0.198. The van der Waals surface area contributed by atoms with Gasteiger partial charge in [-0.05, 0) is 35.7 Å². The molecular formula is C44H28N4. The number of hydrogen-bond donors (Lipinski definition) is 0. The first-order chi connectivity index (χ1) is 23.8. The van der Waals surface area contributed by atoms with Crippen molar-refractivity contribution in [3.05, 3.63) is 170 Å². The molecule has 0 amide bonds. The third-order valence-electron chi connectivity index (χ3n) is 9.53. The van der Waals surface area contributed by atoms with Crippen LogP contribution >= 0.6 is 0 Å². The van der Waals surface area contributed by atoms with Crippen molar-refractivity contribution < 1.29 is 0 Å². The monoisotopic (exact) mass is 612 g/mol. The standard InChI is InChI=1S/C44H28N4/c1-3-15-30(16-4-1)36-28-37(31-17-5-2-6-18-31)46-44(45-36)48-40-24-12-10-22-35(40)42-41(48)27-26-34-33-21-9-11-23-39(33)47(43(34)42)38-25-13-19-29-14-7-8-20-32(29)38/h1-28H. The van der Waals surface area contributed by atoms with E-state index in [2.05, 4.69) is 167 Å². The molecule has 0 atom stereocenters. The summed E-state index contributed by atoms with van der Waals surface area (Å²) in [4.78, 5) is 10.5. The third-order valence-corrected chi connectivity index (χ3v) is 9.53. The second-order valence-electron chi connectivity index (χ2n) is 12.2. The van der Waals surface area contributed by atoms with E-state index in [9.17, 15) is 0 Å². The summed E-state index contributed by atoms with van der Waals surface area (Å²) in [5.41, 5.74) is 9.54. The fraction of sp³-hybridized carbons (Fsp3) is 0. The van der Waals surface area contributed by atoms with Crippen molar-refractivity contribution >= 4 is 54.4 Å². The maximum Gasteiger partial charge on any atom is 0.235 e. The minimum Gasteiger partial charge on any atom is -0.308 e. The van der Waals surface area contributed by atoms with E-state index >= 15 is 0 Å². The van der Waals surface area contributed by atoms with Gasteiger partial charge in [-0.3, -0.25) is 4.57 Å². The Balaban J connectivity index is 1.36. The van der Waals surface area contributed by atoms with E-state index in [1.807, 2.05) is 12.1 Å². The zero-order chi connectivity index (χ0) is 31.6. The maximum atomic E-state index is 5.26. The summed E-state index contributed by atoms with van der Waals surface area (Å²) in [5.74, 6) is 0.647. The van der Waals surface area contributed by atoms with Gasteiger partial charge in [-0.1, -0.05) is 140 Å². The van der Waals surface area contributed by atoms with Crippen molar-refractivity contribution in [2.45, 2.75) is 0 Å². The molecule has 0 saturated carbocycles. The van der Waals surface area contributed by atoms with Gasteiger partial charge in [-0.15, -0.1) is 0 Å². The van der Waals surface area contributed by atoms with Crippen LogP contribution in [-0.4, -0.2) is 19.1 Å². The van der Waals surface area contributed by atoms with Crippen LogP contribution in [0.1, 0.15) is 0 Å². The van der Waals surface area contributed by atoms with Crippen LogP contribution in [0.3, 0.4) is 0 Å². The third kappa shape index (κ3) is 3.96. The minimum absolute atomic E-state index is 0.647. The van der Waals surface area contributed by atoms with E-state index in [1.54, 1.807) is 0 Å². The fourth-order valence-corrected chi connectivity index (χ4v) is 7.43. The molecule has 4 nitrogen and oxygen atoms in total. The van der Waals surface area contributed by atoms with E-state index in [0.717, 1.165) is 44.6 Å². The van der Waals surface area contributed by atoms with Crippen LogP contribution in [0.25, 0.3) is 88.5 Å². The van der Waals surface area contributed by atoms with E-state index in [1.165, 1.54) is 38.0 Å². The number of para-hydroxylation sites is 2. The first-order valence-electron chi connectivity index (χ1n) is 16.3. The van der Waals surface area contributed by atoms with Crippen LogP contribution in [0.15, 0.2) is 170 Å². The Morgan fingerprint density at radius 3 is 1.65 bits per heavy atom. The Labute approximate surface area is 276 Å². The summed E-state index contributed by atoms with van der Waals surface area (Å²) >= 11 is 0. The lowest BCUT2D eigenvalue weighted by Gasteiger charge is -2.13. The van der Waals surface area contributed by atoms with Gasteiger partial charge in [0.1, 0.15) is 0 Å². The van der Waals surface area contributed by atoms with Crippen LogP contribution in [0, 0.1) is 0 Å². The van der Waals surface area contributed by atoms with E-state index < -0.39 is 0 Å². The number of rotatable bonds is 4. The molecular weight excluding hydrogens is 585 g/mol. The Bertz CT molecular complexity index is 2760. The van der Waals surface area contributed by atoms with Crippen LogP contribution in [0.2, 0.25) is 0 Å². The molecule has 10 rings (SSSR count). The van der Waals surface area contributed by atoms with Crippen LogP contribution < -0.4 is 0 Å². The molecule has 224 valence electrons. The van der Waals surface area contributed by atoms with Gasteiger partial charge < -0.3 is 4.57 Å². The molecule has 0 spiro atoms. The molecule has 4 heteroatoms. The molecule has 3 aromatic heterocycles. The van der Waals surface area contributed by atoms with E-state index in [-0.39, 0.29) is 0 Å². The molecule has 10 aromatic rings. The summed E-state index contributed by atoms with van der Waals surface area (Å²) in [6.45, 7) is 0. The molecule has 0 aliphatic rings. The highest BCUT2D eigenvalue weighted by atomic mass is 15.2. The first kappa shape index (κ1) is 26.7. The number of benzene rings is 7. The molecule has 0 aliphatic carbocycles. The highest BCUT2D eigenvalue weighted by Crippen LogP contribution is 2.42. The number of aromatic nitrogens is 4. The summed E-state index contributed by atoms with van der Waals surface area (Å²) in [7, 11) is 0. The van der Waals surface area contributed by atoms with Crippen LogP contribution in [0.4, 0.5) is 0 Å². The van der Waals surface area contributed by atoms with Crippen molar-refractivity contribution in [3.63, 3.8) is 0 Å². The van der Waals surface area contributed by atoms with Crippen molar-refractivity contribution in [2.24, 2.45) is 0 Å². The zero-order valence-corrected chi connectivity index (χ0v) is 26.0. The second kappa shape index (κ2) is 10.5. The van der Waals surface area contributed by atoms with Crippen LogP contribution in [-0.2, 0) is 0 Å². The minimum atomic E-state index is 0.647. The SMILES string of the molecule is c1ccc(-c2cc(-c3ccccc3)nc(-n3c4ccccc4c4c3ccc3c5ccccc5n(-c5cccc6ccccc56)c34)n2)cc1. The number of nitrogens with zero attached hydrogens (tertiary/aromatic N) is 4. The maximum absolute atomic E-state index is 5.26. The van der Waals surface area contributed by atoms with Gasteiger partial charge in [0.2, 0.25) is 5.95 Å². The predicted octanol–water partition coefficient (Wildman–Crippen LogP) is 11.2. The van der Waals surface area contributed by atoms with Gasteiger partial charge in [0.05, 0.1) is 39.1 Å². The van der Waals surface area contributed by atoms with E-state index in [0.29, 0.717) is 5.95 Å². The lowest BCUT2D eigenvalue weighted by atomic mass is 10.1. The molecule has 0 aliphatic heterocycles. The Morgan fingerprint density at radius 1 is 0.375 bits per heavy atom. The smallest absolute Gasteiger partial charge is 0.235 e. The normalized spacial score (nSPS) is 11.8. The summed E-state index contributed by atoms with van der Waals surface area (Å²) in [5, 5.41) is 7.23. The fourth-order valence-electron chi connectivity index (χ4n) is 7.43. The predicted molar refractivity (Wildman–Crippen MR) is 199 cm³/mol. The van der Waals surface area contributed by atoms with E-state index in [4.69, 9.17) is 9.97 Å². The molecule has 7 aromatic carbocycles. The Kier molecular flexibility index (Phi) is 5.84. The van der Waals surface area contributed by atoms with Gasteiger partial charge in [0.25, 0.3) is 0 Å². The summed E-state index contributed by atoms with van der Waals surface area (Å²) < 4.78 is 4.71. The lowest BCUT2D eigenvalue weighted by molar-refractivity contribution is 0.996. The number of hydrogen-bond acceptors (Lipinski definition) is 2. The summed E-state index contributed by atoms with van der Waals surface area (Å²) in [6, 6.07) is 60.0. The molecule has 0 fully saturated rings. The highest BCUT2D eigenvalue weighted by Gasteiger charge is 2.23. The number of fused-ring (bicyclic) bond motifs is 8. The second-order valence-corrected chi connectivity index (χ2v) is 12.2. The molecule has 0 N–H and O–H groups in total. The molecule has 0 unspecified atom stereocenters. The van der Waals surface area contributed by atoms with Crippen molar-refractivity contribution in [1.29, 1.82) is 0 Å². The van der Waals surface area contributed by atoms with Crippen molar-refractivity contribution in [1.82, 2.24) is 19.1 Å². The zero-order valence-electron chi connectivity index (χ0n) is 26.0. The Hall–Kier alpha value is -6.52. The molecule has 0 bridgehead atoms. The summed E-state index contributed by atoms with van der Waals surface area (Å²) in [6.07, 6.45) is 0. The van der Waals surface area contributed by atoms with Gasteiger partial charge in [0, 0.05) is 38.1 Å². The molecule has 3 heterocycles. The largest absolute Gasteiger partial charge is 0.308 e. The van der Waals surface area contributed by atoms with Crippen LogP contribution in [0.5, 0.6) is 0 Å². The average molecular weight is 613 g/mol. The molecule has 0 saturated heterocycles. The van der Waals surface area contributed by atoms with Gasteiger partial charge >= 0.3 is 0 Å². The van der Waals surface area contributed by atoms with Crippen molar-refractivity contribution in [3.8, 4) is 34.2 Å². The topological polar surface area (TPSA) is 35.6 Å². The molecule has 0 radical (unpaired) electrons.